The smallest absolute Gasteiger partial charge is 0.271 e. The van der Waals surface area contributed by atoms with Crippen molar-refractivity contribution in [2.75, 3.05) is 25.0 Å². The van der Waals surface area contributed by atoms with Gasteiger partial charge < -0.3 is 10.2 Å². The van der Waals surface area contributed by atoms with Crippen LogP contribution in [-0.4, -0.2) is 36.1 Å². The van der Waals surface area contributed by atoms with Gasteiger partial charge in [-0.25, -0.2) is 4.98 Å². The molecule has 1 aliphatic rings. The number of anilines is 1. The summed E-state index contributed by atoms with van der Waals surface area (Å²) in [6, 6.07) is 5.30. The quantitative estimate of drug-likeness (QED) is 0.694. The summed E-state index contributed by atoms with van der Waals surface area (Å²) in [5.74, 6) is 0. The predicted molar refractivity (Wildman–Crippen MR) is 80.6 cm³/mol. The van der Waals surface area contributed by atoms with E-state index in [2.05, 4.69) is 15.2 Å². The molecule has 0 spiro atoms. The molecule has 1 aliphatic heterocycles. The number of nitrogens with zero attached hydrogens (tertiary/aromatic N) is 3. The number of non-ortho nitro benzene ring substituents is 1. The monoisotopic (exact) mass is 292 g/mol. The summed E-state index contributed by atoms with van der Waals surface area (Å²) in [6.07, 6.45) is 2.32. The molecule has 7 heteroatoms. The molecule has 1 aromatic heterocycles. The van der Waals surface area contributed by atoms with Crippen molar-refractivity contribution in [1.29, 1.82) is 0 Å². The number of fused-ring (bicyclic) bond motifs is 1. The van der Waals surface area contributed by atoms with Gasteiger partial charge in [0.25, 0.3) is 5.69 Å². The van der Waals surface area contributed by atoms with E-state index in [0.717, 1.165) is 29.3 Å². The third kappa shape index (κ3) is 2.46. The van der Waals surface area contributed by atoms with Crippen LogP contribution in [0.25, 0.3) is 10.2 Å². The van der Waals surface area contributed by atoms with Gasteiger partial charge in [-0.3, -0.25) is 10.1 Å². The molecule has 0 aliphatic carbocycles. The molecule has 1 aromatic carbocycles. The third-order valence-corrected chi connectivity index (χ3v) is 4.82. The Morgan fingerprint density at radius 2 is 2.40 bits per heavy atom. The number of aromatic nitrogens is 1. The van der Waals surface area contributed by atoms with Gasteiger partial charge in [-0.1, -0.05) is 11.3 Å². The van der Waals surface area contributed by atoms with E-state index in [4.69, 9.17) is 0 Å². The Morgan fingerprint density at radius 1 is 1.55 bits per heavy atom. The molecule has 0 amide bonds. The first-order chi connectivity index (χ1) is 9.65. The molecule has 20 heavy (non-hydrogen) atoms. The highest BCUT2D eigenvalue weighted by atomic mass is 32.1. The second-order valence-electron chi connectivity index (χ2n) is 5.02. The Balaban J connectivity index is 1.89. The van der Waals surface area contributed by atoms with Crippen LogP contribution in [0.1, 0.15) is 12.8 Å². The summed E-state index contributed by atoms with van der Waals surface area (Å²) in [4.78, 5) is 17.1. The first kappa shape index (κ1) is 13.3. The maximum absolute atomic E-state index is 10.8. The topological polar surface area (TPSA) is 71.3 Å². The highest BCUT2D eigenvalue weighted by Gasteiger charge is 2.21. The summed E-state index contributed by atoms with van der Waals surface area (Å²) in [7, 11) is 2.05. The second kappa shape index (κ2) is 5.34. The van der Waals surface area contributed by atoms with Crippen molar-refractivity contribution in [3.63, 3.8) is 0 Å². The standard InChI is InChI=1S/C13H16N4O2S/c1-16(10-3-2-6-14-8-10)13-15-11-7-9(17(18)19)4-5-12(11)20-13/h4-5,7,10,14H,2-3,6,8H2,1H3/t10-/m0/s1. The molecular weight excluding hydrogens is 276 g/mol. The number of benzene rings is 1. The fourth-order valence-corrected chi connectivity index (χ4v) is 3.47. The Morgan fingerprint density at radius 3 is 3.10 bits per heavy atom. The van der Waals surface area contributed by atoms with E-state index in [9.17, 15) is 10.1 Å². The molecule has 1 N–H and O–H groups in total. The second-order valence-corrected chi connectivity index (χ2v) is 6.03. The van der Waals surface area contributed by atoms with Crippen LogP contribution in [0.3, 0.4) is 0 Å². The average molecular weight is 292 g/mol. The number of nitro groups is 1. The highest BCUT2D eigenvalue weighted by Crippen LogP contribution is 2.32. The maximum atomic E-state index is 10.8. The molecule has 106 valence electrons. The highest BCUT2D eigenvalue weighted by molar-refractivity contribution is 7.22. The van der Waals surface area contributed by atoms with Gasteiger partial charge in [0, 0.05) is 31.8 Å². The fourth-order valence-electron chi connectivity index (χ4n) is 2.49. The van der Waals surface area contributed by atoms with Crippen LogP contribution in [-0.2, 0) is 0 Å². The first-order valence-corrected chi connectivity index (χ1v) is 7.45. The lowest BCUT2D eigenvalue weighted by molar-refractivity contribution is -0.384. The molecule has 0 unspecified atom stereocenters. The first-order valence-electron chi connectivity index (χ1n) is 6.63. The Labute approximate surface area is 120 Å². The van der Waals surface area contributed by atoms with Crippen LogP contribution in [0.15, 0.2) is 18.2 Å². The number of rotatable bonds is 3. The van der Waals surface area contributed by atoms with Crippen molar-refractivity contribution in [2.24, 2.45) is 0 Å². The van der Waals surface area contributed by atoms with E-state index in [1.807, 2.05) is 7.05 Å². The molecule has 2 aromatic rings. The third-order valence-electron chi connectivity index (χ3n) is 3.69. The van der Waals surface area contributed by atoms with E-state index >= 15 is 0 Å². The molecule has 3 rings (SSSR count). The van der Waals surface area contributed by atoms with Gasteiger partial charge in [-0.15, -0.1) is 0 Å². The molecule has 0 radical (unpaired) electrons. The predicted octanol–water partition coefficient (Wildman–Crippen LogP) is 2.39. The minimum Gasteiger partial charge on any atom is -0.347 e. The number of thiazole rings is 1. The number of likely N-dealkylation sites (N-methyl/N-ethyl adjacent to an activating group) is 1. The summed E-state index contributed by atoms with van der Waals surface area (Å²) >= 11 is 1.58. The summed E-state index contributed by atoms with van der Waals surface area (Å²) < 4.78 is 0.987. The average Bonchev–Trinajstić information content (AvgIpc) is 2.90. The zero-order chi connectivity index (χ0) is 14.1. The maximum Gasteiger partial charge on any atom is 0.271 e. The van der Waals surface area contributed by atoms with E-state index in [-0.39, 0.29) is 10.6 Å². The minimum absolute atomic E-state index is 0.0938. The van der Waals surface area contributed by atoms with Gasteiger partial charge in [0.05, 0.1) is 15.1 Å². The van der Waals surface area contributed by atoms with E-state index in [1.54, 1.807) is 23.5 Å². The van der Waals surface area contributed by atoms with Crippen molar-refractivity contribution in [3.05, 3.63) is 28.3 Å². The van der Waals surface area contributed by atoms with Gasteiger partial charge in [0.2, 0.25) is 0 Å². The van der Waals surface area contributed by atoms with Crippen LogP contribution in [0, 0.1) is 10.1 Å². The molecule has 1 saturated heterocycles. The van der Waals surface area contributed by atoms with Crippen molar-refractivity contribution in [2.45, 2.75) is 18.9 Å². The molecule has 1 fully saturated rings. The lowest BCUT2D eigenvalue weighted by Gasteiger charge is -2.31. The van der Waals surface area contributed by atoms with Gasteiger partial charge in [-0.05, 0) is 25.5 Å². The summed E-state index contributed by atoms with van der Waals surface area (Å²) in [5.41, 5.74) is 0.797. The lowest BCUT2D eigenvalue weighted by Crippen LogP contribution is -2.44. The van der Waals surface area contributed by atoms with Crippen molar-refractivity contribution in [1.82, 2.24) is 10.3 Å². The van der Waals surface area contributed by atoms with Crippen LogP contribution >= 0.6 is 11.3 Å². The number of nitro benzene ring substituents is 1. The van der Waals surface area contributed by atoms with Gasteiger partial charge in [0.1, 0.15) is 0 Å². The van der Waals surface area contributed by atoms with E-state index < -0.39 is 0 Å². The Bertz CT molecular complexity index is 636. The molecule has 1 atom stereocenters. The normalized spacial score (nSPS) is 19.1. The zero-order valence-electron chi connectivity index (χ0n) is 11.2. The van der Waals surface area contributed by atoms with E-state index in [1.165, 1.54) is 12.5 Å². The number of nitrogens with one attached hydrogen (secondary N) is 1. The van der Waals surface area contributed by atoms with Crippen LogP contribution in [0.2, 0.25) is 0 Å². The van der Waals surface area contributed by atoms with Crippen molar-refractivity contribution < 1.29 is 4.92 Å². The summed E-state index contributed by atoms with van der Waals surface area (Å²) in [5, 5.41) is 15.1. The van der Waals surface area contributed by atoms with Crippen molar-refractivity contribution >= 4 is 32.4 Å². The van der Waals surface area contributed by atoms with Gasteiger partial charge >= 0.3 is 0 Å². The van der Waals surface area contributed by atoms with E-state index in [0.29, 0.717) is 11.6 Å². The molecular formula is C13H16N4O2S. The van der Waals surface area contributed by atoms with Gasteiger partial charge in [0.15, 0.2) is 5.13 Å². The molecule has 0 bridgehead atoms. The Hall–Kier alpha value is -1.73. The lowest BCUT2D eigenvalue weighted by atomic mass is 10.1. The molecule has 6 nitrogen and oxygen atoms in total. The zero-order valence-corrected chi connectivity index (χ0v) is 12.0. The van der Waals surface area contributed by atoms with Gasteiger partial charge in [-0.2, -0.15) is 0 Å². The number of hydrogen-bond acceptors (Lipinski definition) is 6. The SMILES string of the molecule is CN(c1nc2cc([N+](=O)[O-])ccc2s1)[C@H]1CCCNC1. The number of hydrogen-bond donors (Lipinski definition) is 1. The summed E-state index contributed by atoms with van der Waals surface area (Å²) in [6.45, 7) is 2.04. The fraction of sp³-hybridized carbons (Fsp3) is 0.462. The number of piperidine rings is 1. The van der Waals surface area contributed by atoms with Crippen LogP contribution in [0.4, 0.5) is 10.8 Å². The Kier molecular flexibility index (Phi) is 3.54. The van der Waals surface area contributed by atoms with Crippen LogP contribution < -0.4 is 10.2 Å². The molecule has 0 saturated carbocycles. The molecule has 2 heterocycles. The largest absolute Gasteiger partial charge is 0.347 e. The minimum atomic E-state index is -0.382. The van der Waals surface area contributed by atoms with Crippen LogP contribution in [0.5, 0.6) is 0 Å². The van der Waals surface area contributed by atoms with Crippen molar-refractivity contribution in [3.8, 4) is 0 Å².